The van der Waals surface area contributed by atoms with Crippen molar-refractivity contribution in [3.05, 3.63) is 35.9 Å². The molecule has 2 fully saturated rings. The van der Waals surface area contributed by atoms with E-state index in [1.165, 1.54) is 5.56 Å². The van der Waals surface area contributed by atoms with E-state index in [2.05, 4.69) is 41.4 Å². The van der Waals surface area contributed by atoms with E-state index in [9.17, 15) is 4.79 Å². The Bertz CT molecular complexity index is 487. The van der Waals surface area contributed by atoms with Crippen molar-refractivity contribution in [3.63, 3.8) is 0 Å². The highest BCUT2D eigenvalue weighted by Gasteiger charge is 2.34. The second kappa shape index (κ2) is 7.25. The van der Waals surface area contributed by atoms with Crippen LogP contribution in [-0.4, -0.2) is 42.6 Å². The molecular formula is C18H26N2O2. The van der Waals surface area contributed by atoms with Gasteiger partial charge in [-0.2, -0.15) is 0 Å². The Labute approximate surface area is 132 Å². The second-order valence-corrected chi connectivity index (χ2v) is 6.43. The molecule has 4 heteroatoms. The van der Waals surface area contributed by atoms with Crippen molar-refractivity contribution >= 4 is 5.91 Å². The Morgan fingerprint density at radius 1 is 1.36 bits per heavy atom. The lowest BCUT2D eigenvalue weighted by Crippen LogP contribution is -2.53. The molecule has 1 heterocycles. The largest absolute Gasteiger partial charge is 0.373 e. The molecule has 4 nitrogen and oxygen atoms in total. The first-order valence-corrected chi connectivity index (χ1v) is 8.44. The third-order valence-electron chi connectivity index (χ3n) is 4.59. The van der Waals surface area contributed by atoms with E-state index in [1.54, 1.807) is 0 Å². The molecule has 0 spiro atoms. The van der Waals surface area contributed by atoms with Gasteiger partial charge in [0, 0.05) is 25.6 Å². The summed E-state index contributed by atoms with van der Waals surface area (Å²) >= 11 is 0. The molecule has 3 rings (SSSR count). The lowest BCUT2D eigenvalue weighted by molar-refractivity contribution is -0.125. The third-order valence-corrected chi connectivity index (χ3v) is 4.59. The van der Waals surface area contributed by atoms with Gasteiger partial charge in [-0.15, -0.1) is 0 Å². The first-order valence-electron chi connectivity index (χ1n) is 8.44. The van der Waals surface area contributed by atoms with Crippen LogP contribution in [0.4, 0.5) is 0 Å². The maximum Gasteiger partial charge on any atom is 0.223 e. The molecular weight excluding hydrogens is 276 g/mol. The summed E-state index contributed by atoms with van der Waals surface area (Å²) in [5.74, 6) is 0.480. The zero-order valence-electron chi connectivity index (χ0n) is 13.3. The molecule has 0 radical (unpaired) electrons. The topological polar surface area (TPSA) is 41.6 Å². The van der Waals surface area contributed by atoms with Gasteiger partial charge in [-0.3, -0.25) is 9.69 Å². The van der Waals surface area contributed by atoms with Crippen LogP contribution in [0.25, 0.3) is 0 Å². The van der Waals surface area contributed by atoms with Crippen LogP contribution >= 0.6 is 0 Å². The van der Waals surface area contributed by atoms with Gasteiger partial charge in [0.15, 0.2) is 0 Å². The molecule has 1 aromatic carbocycles. The third kappa shape index (κ3) is 4.08. The number of rotatable bonds is 6. The van der Waals surface area contributed by atoms with Crippen LogP contribution in [0.1, 0.15) is 31.7 Å². The number of carbonyl (C=O) groups is 1. The Hall–Kier alpha value is -1.39. The summed E-state index contributed by atoms with van der Waals surface area (Å²) in [6.07, 6.45) is 3.12. The Kier molecular flexibility index (Phi) is 5.11. The lowest BCUT2D eigenvalue weighted by Gasteiger charge is -2.37. The molecule has 0 bridgehead atoms. The number of nitrogens with one attached hydrogen (secondary N) is 1. The minimum atomic E-state index is 0.102. The molecule has 0 unspecified atom stereocenters. The summed E-state index contributed by atoms with van der Waals surface area (Å²) in [5, 5.41) is 3.19. The zero-order valence-corrected chi connectivity index (χ0v) is 13.3. The summed E-state index contributed by atoms with van der Waals surface area (Å²) < 4.78 is 5.94. The van der Waals surface area contributed by atoms with E-state index in [0.717, 1.165) is 45.5 Å². The first-order chi connectivity index (χ1) is 10.8. The van der Waals surface area contributed by atoms with Crippen molar-refractivity contribution in [1.82, 2.24) is 10.2 Å². The predicted molar refractivity (Wildman–Crippen MR) is 86.4 cm³/mol. The van der Waals surface area contributed by atoms with Crippen molar-refractivity contribution in [2.75, 3.05) is 19.7 Å². The molecule has 1 saturated carbocycles. The van der Waals surface area contributed by atoms with Crippen molar-refractivity contribution < 1.29 is 9.53 Å². The minimum absolute atomic E-state index is 0.102. The molecule has 1 aliphatic heterocycles. The summed E-state index contributed by atoms with van der Waals surface area (Å²) in [6, 6.07) is 10.7. The number of benzene rings is 1. The van der Waals surface area contributed by atoms with Gasteiger partial charge < -0.3 is 10.1 Å². The number of hydrogen-bond acceptors (Lipinski definition) is 3. The van der Waals surface area contributed by atoms with Crippen LogP contribution in [0.3, 0.4) is 0 Å². The van der Waals surface area contributed by atoms with E-state index in [0.29, 0.717) is 0 Å². The summed E-state index contributed by atoms with van der Waals surface area (Å²) in [4.78, 5) is 14.4. The highest BCUT2D eigenvalue weighted by atomic mass is 16.5. The van der Waals surface area contributed by atoms with Crippen molar-refractivity contribution in [2.24, 2.45) is 5.92 Å². The fraction of sp³-hybridized carbons (Fsp3) is 0.611. The van der Waals surface area contributed by atoms with Gasteiger partial charge in [-0.05, 0) is 24.8 Å². The van der Waals surface area contributed by atoms with Gasteiger partial charge in [-0.1, -0.05) is 37.3 Å². The molecule has 1 N–H and O–H groups in total. The van der Waals surface area contributed by atoms with Crippen LogP contribution in [0.5, 0.6) is 0 Å². The Morgan fingerprint density at radius 3 is 2.82 bits per heavy atom. The van der Waals surface area contributed by atoms with E-state index < -0.39 is 0 Å². The van der Waals surface area contributed by atoms with Crippen LogP contribution < -0.4 is 5.32 Å². The Morgan fingerprint density at radius 2 is 2.14 bits per heavy atom. The summed E-state index contributed by atoms with van der Waals surface area (Å²) in [5.41, 5.74) is 1.33. The number of carbonyl (C=O) groups excluding carboxylic acids is 1. The van der Waals surface area contributed by atoms with Gasteiger partial charge >= 0.3 is 0 Å². The van der Waals surface area contributed by atoms with Gasteiger partial charge in [0.2, 0.25) is 5.91 Å². The average Bonchev–Trinajstić information content (AvgIpc) is 3.38. The smallest absolute Gasteiger partial charge is 0.223 e. The quantitative estimate of drug-likeness (QED) is 0.876. The van der Waals surface area contributed by atoms with Crippen LogP contribution in [0.2, 0.25) is 0 Å². The molecule has 2 aliphatic rings. The highest BCUT2D eigenvalue weighted by molar-refractivity contribution is 5.81. The van der Waals surface area contributed by atoms with E-state index in [1.807, 2.05) is 6.07 Å². The number of nitrogens with zero attached hydrogens (tertiary/aromatic N) is 1. The number of amides is 1. The second-order valence-electron chi connectivity index (χ2n) is 6.43. The fourth-order valence-corrected chi connectivity index (χ4v) is 3.06. The Balaban J connectivity index is 1.55. The SMILES string of the molecule is CC[C@H](NC(=O)C1CC1)[C@@H]1CN(Cc2ccccc2)CCO1. The van der Waals surface area contributed by atoms with Gasteiger partial charge in [0.05, 0.1) is 18.8 Å². The molecule has 1 saturated heterocycles. The van der Waals surface area contributed by atoms with Gasteiger partial charge in [0.1, 0.15) is 0 Å². The van der Waals surface area contributed by atoms with E-state index in [-0.39, 0.29) is 24.0 Å². The highest BCUT2D eigenvalue weighted by Crippen LogP contribution is 2.29. The van der Waals surface area contributed by atoms with Crippen molar-refractivity contribution in [2.45, 2.75) is 44.9 Å². The molecule has 1 amide bonds. The van der Waals surface area contributed by atoms with E-state index >= 15 is 0 Å². The maximum atomic E-state index is 12.0. The summed E-state index contributed by atoms with van der Waals surface area (Å²) in [7, 11) is 0. The number of hydrogen-bond donors (Lipinski definition) is 1. The molecule has 120 valence electrons. The molecule has 0 aromatic heterocycles. The average molecular weight is 302 g/mol. The maximum absolute atomic E-state index is 12.0. The molecule has 2 atom stereocenters. The molecule has 1 aromatic rings. The minimum Gasteiger partial charge on any atom is -0.373 e. The van der Waals surface area contributed by atoms with Gasteiger partial charge in [0.25, 0.3) is 0 Å². The zero-order chi connectivity index (χ0) is 15.4. The van der Waals surface area contributed by atoms with Crippen LogP contribution in [0.15, 0.2) is 30.3 Å². The standard InChI is InChI=1S/C18H26N2O2/c1-2-16(19-18(21)15-8-9-15)17-13-20(10-11-22-17)12-14-6-4-3-5-7-14/h3-7,15-17H,2,8-13H2,1H3,(H,19,21)/t16-,17-/m0/s1. The van der Waals surface area contributed by atoms with Crippen LogP contribution in [0, 0.1) is 5.92 Å². The monoisotopic (exact) mass is 302 g/mol. The lowest BCUT2D eigenvalue weighted by atomic mass is 10.1. The summed E-state index contributed by atoms with van der Waals surface area (Å²) in [6.45, 7) is 5.66. The predicted octanol–water partition coefficient (Wildman–Crippen LogP) is 2.19. The fourth-order valence-electron chi connectivity index (χ4n) is 3.06. The molecule has 1 aliphatic carbocycles. The number of morpholine rings is 1. The van der Waals surface area contributed by atoms with Crippen molar-refractivity contribution in [1.29, 1.82) is 0 Å². The number of ether oxygens (including phenoxy) is 1. The van der Waals surface area contributed by atoms with Crippen LogP contribution in [-0.2, 0) is 16.1 Å². The van der Waals surface area contributed by atoms with E-state index in [4.69, 9.17) is 4.74 Å². The molecule has 22 heavy (non-hydrogen) atoms. The normalized spacial score (nSPS) is 24.0. The van der Waals surface area contributed by atoms with Gasteiger partial charge in [-0.25, -0.2) is 0 Å². The first kappa shape index (κ1) is 15.5. The van der Waals surface area contributed by atoms with Crippen molar-refractivity contribution in [3.8, 4) is 0 Å².